The van der Waals surface area contributed by atoms with Crippen molar-refractivity contribution in [3.05, 3.63) is 56.7 Å². The van der Waals surface area contributed by atoms with Crippen molar-refractivity contribution in [1.82, 2.24) is 4.98 Å². The zero-order chi connectivity index (χ0) is 18.5. The Labute approximate surface area is 162 Å². The van der Waals surface area contributed by atoms with E-state index in [4.69, 9.17) is 32.7 Å². The molecule has 7 heteroatoms. The molecule has 0 radical (unpaired) electrons. The summed E-state index contributed by atoms with van der Waals surface area (Å²) in [5.41, 5.74) is 1.56. The number of nitrogens with zero attached hydrogens (tertiary/aromatic N) is 2. The smallest absolute Gasteiger partial charge is 0.161 e. The molecule has 3 rings (SSSR count). The summed E-state index contributed by atoms with van der Waals surface area (Å²) < 4.78 is 11.5. The molecule has 2 aromatic rings. The number of aromatic nitrogens is 1. The van der Waals surface area contributed by atoms with E-state index in [9.17, 15) is 4.91 Å². The molecule has 1 atom stereocenters. The second-order valence-corrected chi connectivity index (χ2v) is 7.16. The molecule has 26 heavy (non-hydrogen) atoms. The molecule has 0 aliphatic heterocycles. The highest BCUT2D eigenvalue weighted by Gasteiger charge is 2.21. The van der Waals surface area contributed by atoms with Gasteiger partial charge in [-0.2, -0.15) is 4.91 Å². The van der Waals surface area contributed by atoms with Gasteiger partial charge in [0.25, 0.3) is 0 Å². The van der Waals surface area contributed by atoms with Gasteiger partial charge in [-0.3, -0.25) is 0 Å². The molecule has 5 nitrogen and oxygen atoms in total. The monoisotopic (exact) mass is 394 g/mol. The molecule has 1 unspecified atom stereocenters. The van der Waals surface area contributed by atoms with Crippen molar-refractivity contribution in [3.8, 4) is 11.5 Å². The maximum absolute atomic E-state index is 11.5. The number of benzene rings is 1. The highest BCUT2D eigenvalue weighted by atomic mass is 35.5. The van der Waals surface area contributed by atoms with Crippen molar-refractivity contribution in [2.75, 3.05) is 7.11 Å². The minimum Gasteiger partial charge on any atom is -0.493 e. The lowest BCUT2D eigenvalue weighted by Crippen LogP contribution is -2.12. The highest BCUT2D eigenvalue weighted by Crippen LogP contribution is 2.35. The van der Waals surface area contributed by atoms with Crippen molar-refractivity contribution < 1.29 is 9.47 Å². The summed E-state index contributed by atoms with van der Waals surface area (Å²) in [6.07, 6.45) is 5.00. The number of hydrogen-bond acceptors (Lipinski definition) is 5. The van der Waals surface area contributed by atoms with E-state index in [1.807, 2.05) is 18.2 Å². The Kier molecular flexibility index (Phi) is 6.33. The van der Waals surface area contributed by atoms with Crippen LogP contribution in [-0.4, -0.2) is 18.2 Å². The fraction of sp³-hybridized carbons (Fsp3) is 0.421. The SMILES string of the molecule is COc1ccc(C(Cc2cc(Cl)nc(Cl)c2)N=O)cc1OC1CCCC1. The van der Waals surface area contributed by atoms with E-state index in [1.165, 1.54) is 12.8 Å². The Morgan fingerprint density at radius 3 is 2.46 bits per heavy atom. The number of pyridine rings is 1. The van der Waals surface area contributed by atoms with Crippen LogP contribution in [-0.2, 0) is 6.42 Å². The largest absolute Gasteiger partial charge is 0.493 e. The van der Waals surface area contributed by atoms with Crippen LogP contribution in [0.4, 0.5) is 0 Å². The van der Waals surface area contributed by atoms with Gasteiger partial charge in [-0.05, 0) is 61.1 Å². The van der Waals surface area contributed by atoms with E-state index in [0.29, 0.717) is 17.9 Å². The van der Waals surface area contributed by atoms with Gasteiger partial charge >= 0.3 is 0 Å². The number of rotatable bonds is 7. The van der Waals surface area contributed by atoms with Crippen LogP contribution < -0.4 is 9.47 Å². The van der Waals surface area contributed by atoms with Gasteiger partial charge in [-0.15, -0.1) is 0 Å². The predicted molar refractivity (Wildman–Crippen MR) is 102 cm³/mol. The molecule has 1 saturated carbocycles. The van der Waals surface area contributed by atoms with Gasteiger partial charge in [-0.1, -0.05) is 34.4 Å². The van der Waals surface area contributed by atoms with Crippen LogP contribution >= 0.6 is 23.2 Å². The molecule has 0 saturated heterocycles. The Bertz CT molecular complexity index is 759. The van der Waals surface area contributed by atoms with Crippen LogP contribution in [0.15, 0.2) is 35.5 Å². The number of halogens is 2. The van der Waals surface area contributed by atoms with Crippen LogP contribution in [0.2, 0.25) is 10.3 Å². The highest BCUT2D eigenvalue weighted by molar-refractivity contribution is 6.32. The van der Waals surface area contributed by atoms with Crippen LogP contribution in [0.5, 0.6) is 11.5 Å². The van der Waals surface area contributed by atoms with E-state index in [1.54, 1.807) is 19.2 Å². The van der Waals surface area contributed by atoms with E-state index in [2.05, 4.69) is 10.2 Å². The van der Waals surface area contributed by atoms with Crippen molar-refractivity contribution >= 4 is 23.2 Å². The second-order valence-electron chi connectivity index (χ2n) is 6.38. The maximum atomic E-state index is 11.5. The summed E-state index contributed by atoms with van der Waals surface area (Å²) in [6, 6.07) is 8.27. The van der Waals surface area contributed by atoms with Gasteiger partial charge in [0.1, 0.15) is 16.3 Å². The molecule has 1 fully saturated rings. The minimum absolute atomic E-state index is 0.194. The fourth-order valence-electron chi connectivity index (χ4n) is 3.25. The lowest BCUT2D eigenvalue weighted by molar-refractivity contribution is 0.200. The summed E-state index contributed by atoms with van der Waals surface area (Å²) in [7, 11) is 1.60. The lowest BCUT2D eigenvalue weighted by atomic mass is 10.00. The molecule has 0 N–H and O–H groups in total. The quantitative estimate of drug-likeness (QED) is 0.441. The third-order valence-electron chi connectivity index (χ3n) is 4.55. The average Bonchev–Trinajstić information content (AvgIpc) is 3.12. The molecule has 1 heterocycles. The molecular formula is C19H20Cl2N2O3. The van der Waals surface area contributed by atoms with Gasteiger partial charge in [0, 0.05) is 6.42 Å². The first kappa shape index (κ1) is 18.9. The Balaban J connectivity index is 1.84. The van der Waals surface area contributed by atoms with Crippen LogP contribution in [0.1, 0.15) is 42.9 Å². The lowest BCUT2D eigenvalue weighted by Gasteiger charge is -2.18. The first-order chi connectivity index (χ1) is 12.6. The van der Waals surface area contributed by atoms with E-state index < -0.39 is 6.04 Å². The maximum Gasteiger partial charge on any atom is 0.161 e. The summed E-state index contributed by atoms with van der Waals surface area (Å²) in [5, 5.41) is 3.87. The zero-order valence-corrected chi connectivity index (χ0v) is 16.0. The van der Waals surface area contributed by atoms with Gasteiger partial charge in [0.05, 0.1) is 13.2 Å². The molecule has 138 valence electrons. The summed E-state index contributed by atoms with van der Waals surface area (Å²) in [6.45, 7) is 0. The Morgan fingerprint density at radius 1 is 1.15 bits per heavy atom. The van der Waals surface area contributed by atoms with Gasteiger partial charge in [0.15, 0.2) is 11.5 Å². The van der Waals surface area contributed by atoms with E-state index >= 15 is 0 Å². The third kappa shape index (κ3) is 4.65. The van der Waals surface area contributed by atoms with Crippen LogP contribution in [0.3, 0.4) is 0 Å². The molecule has 0 amide bonds. The van der Waals surface area contributed by atoms with E-state index in [0.717, 1.165) is 24.0 Å². The molecule has 0 bridgehead atoms. The van der Waals surface area contributed by atoms with Gasteiger partial charge < -0.3 is 9.47 Å². The number of methoxy groups -OCH3 is 1. The molecule has 1 aromatic heterocycles. The standard InChI is InChI=1S/C19H20Cl2N2O3/c1-25-16-7-6-13(11-17(16)26-14-4-2-3-5-14)15(23-24)8-12-9-18(20)22-19(21)10-12/h6-7,9-11,14-15H,2-5,8H2,1H3. The van der Waals surface area contributed by atoms with Crippen molar-refractivity contribution in [3.63, 3.8) is 0 Å². The Hall–Kier alpha value is -1.85. The van der Waals surface area contributed by atoms with Gasteiger partial charge in [-0.25, -0.2) is 4.98 Å². The summed E-state index contributed by atoms with van der Waals surface area (Å²) >= 11 is 11.9. The number of nitroso groups, excluding NO2 is 1. The van der Waals surface area contributed by atoms with Crippen molar-refractivity contribution in [1.29, 1.82) is 0 Å². The van der Waals surface area contributed by atoms with E-state index in [-0.39, 0.29) is 16.4 Å². The number of hydrogen-bond donors (Lipinski definition) is 0. The second kappa shape index (κ2) is 8.69. The fourth-order valence-corrected chi connectivity index (χ4v) is 3.76. The number of ether oxygens (including phenoxy) is 2. The van der Waals surface area contributed by atoms with Crippen LogP contribution in [0.25, 0.3) is 0 Å². The van der Waals surface area contributed by atoms with Crippen LogP contribution in [0, 0.1) is 4.91 Å². The van der Waals surface area contributed by atoms with Gasteiger partial charge in [0.2, 0.25) is 0 Å². The molecule has 0 spiro atoms. The molecular weight excluding hydrogens is 375 g/mol. The molecule has 1 aliphatic rings. The minimum atomic E-state index is -0.582. The topological polar surface area (TPSA) is 60.8 Å². The summed E-state index contributed by atoms with van der Waals surface area (Å²) in [4.78, 5) is 15.4. The first-order valence-corrected chi connectivity index (χ1v) is 9.33. The molecule has 1 aromatic carbocycles. The third-order valence-corrected chi connectivity index (χ3v) is 4.93. The normalized spacial score (nSPS) is 15.7. The Morgan fingerprint density at radius 2 is 1.85 bits per heavy atom. The zero-order valence-electron chi connectivity index (χ0n) is 14.5. The summed E-state index contributed by atoms with van der Waals surface area (Å²) in [5.74, 6) is 1.30. The van der Waals surface area contributed by atoms with Crippen molar-refractivity contribution in [2.24, 2.45) is 5.18 Å². The average molecular weight is 395 g/mol. The molecule has 1 aliphatic carbocycles. The predicted octanol–water partition coefficient (Wildman–Crippen LogP) is 5.77. The van der Waals surface area contributed by atoms with Crippen molar-refractivity contribution in [2.45, 2.75) is 44.2 Å². The first-order valence-electron chi connectivity index (χ1n) is 8.58.